The highest BCUT2D eigenvalue weighted by atomic mass is 19.4. The molecule has 1 aliphatic rings. The largest absolute Gasteiger partial charge is 0.469 e. The van der Waals surface area contributed by atoms with Gasteiger partial charge >= 0.3 is 12.1 Å². The molecular weight excluding hydrogens is 299 g/mol. The third-order valence-corrected chi connectivity index (χ3v) is 3.57. The number of hydrogen-bond donors (Lipinski definition) is 0. The van der Waals surface area contributed by atoms with Crippen LogP contribution in [0.25, 0.3) is 0 Å². The summed E-state index contributed by atoms with van der Waals surface area (Å²) >= 11 is 0. The molecule has 8 heteroatoms. The van der Waals surface area contributed by atoms with Crippen molar-refractivity contribution in [3.05, 3.63) is 22.9 Å². The van der Waals surface area contributed by atoms with Gasteiger partial charge in [-0.15, -0.1) is 0 Å². The number of pyridine rings is 1. The van der Waals surface area contributed by atoms with Gasteiger partial charge in [-0.2, -0.15) is 18.4 Å². The maximum atomic E-state index is 13.1. The molecule has 1 saturated heterocycles. The van der Waals surface area contributed by atoms with E-state index in [4.69, 9.17) is 5.26 Å². The van der Waals surface area contributed by atoms with E-state index in [1.54, 1.807) is 6.07 Å². The van der Waals surface area contributed by atoms with Crippen LogP contribution in [0.1, 0.15) is 23.2 Å². The number of methoxy groups -OCH3 is 1. The topological polar surface area (TPSA) is 66.2 Å². The SMILES string of the molecule is COC(=O)C1CCN(c2nc(C)cc(C(F)(F)F)c2C#N)C1. The number of nitriles is 1. The minimum atomic E-state index is -4.63. The molecule has 118 valence electrons. The van der Waals surface area contributed by atoms with Gasteiger partial charge in [-0.3, -0.25) is 4.79 Å². The van der Waals surface area contributed by atoms with Gasteiger partial charge in [0, 0.05) is 18.8 Å². The van der Waals surface area contributed by atoms with Crippen LogP contribution < -0.4 is 4.90 Å². The molecule has 1 atom stereocenters. The van der Waals surface area contributed by atoms with Crippen molar-refractivity contribution in [1.29, 1.82) is 5.26 Å². The van der Waals surface area contributed by atoms with Crippen molar-refractivity contribution >= 4 is 11.8 Å². The maximum absolute atomic E-state index is 13.1. The van der Waals surface area contributed by atoms with Crippen LogP contribution in [0.2, 0.25) is 0 Å². The standard InChI is InChI=1S/C14H14F3N3O2/c1-8-5-11(14(15,16)17)10(6-18)12(19-8)20-4-3-9(7-20)13(21)22-2/h5,9H,3-4,7H2,1-2H3. The molecule has 0 bridgehead atoms. The Morgan fingerprint density at radius 2 is 2.23 bits per heavy atom. The van der Waals surface area contributed by atoms with Crippen molar-refractivity contribution in [1.82, 2.24) is 4.98 Å². The van der Waals surface area contributed by atoms with Crippen molar-refractivity contribution in [3.8, 4) is 6.07 Å². The number of carbonyl (C=O) groups excluding carboxylic acids is 1. The minimum absolute atomic E-state index is 0.0266. The predicted octanol–water partition coefficient (Wildman–Crippen LogP) is 2.28. The van der Waals surface area contributed by atoms with Crippen LogP contribution in [-0.4, -0.2) is 31.2 Å². The number of anilines is 1. The first-order valence-electron chi connectivity index (χ1n) is 6.59. The lowest BCUT2D eigenvalue weighted by atomic mass is 10.1. The summed E-state index contributed by atoms with van der Waals surface area (Å²) in [5.74, 6) is -0.862. The van der Waals surface area contributed by atoms with E-state index < -0.39 is 29.2 Å². The molecule has 5 nitrogen and oxygen atoms in total. The Labute approximate surface area is 125 Å². The summed E-state index contributed by atoms with van der Waals surface area (Å²) in [4.78, 5) is 17.1. The second-order valence-corrected chi connectivity index (χ2v) is 5.07. The molecule has 0 saturated carbocycles. The highest BCUT2D eigenvalue weighted by Gasteiger charge is 2.38. The van der Waals surface area contributed by atoms with Crippen LogP contribution in [0.5, 0.6) is 0 Å². The number of ether oxygens (including phenoxy) is 1. The van der Waals surface area contributed by atoms with Gasteiger partial charge in [-0.05, 0) is 19.4 Å². The molecule has 0 aromatic carbocycles. The zero-order valence-corrected chi connectivity index (χ0v) is 12.1. The molecule has 0 radical (unpaired) electrons. The molecule has 1 aromatic rings. The fourth-order valence-electron chi connectivity index (χ4n) is 2.53. The van der Waals surface area contributed by atoms with Crippen LogP contribution in [0.15, 0.2) is 6.07 Å². The number of aromatic nitrogens is 1. The minimum Gasteiger partial charge on any atom is -0.469 e. The molecule has 1 fully saturated rings. The smallest absolute Gasteiger partial charge is 0.417 e. The van der Waals surface area contributed by atoms with Crippen LogP contribution in [0, 0.1) is 24.2 Å². The number of hydrogen-bond acceptors (Lipinski definition) is 5. The number of nitrogens with zero attached hydrogens (tertiary/aromatic N) is 3. The van der Waals surface area contributed by atoms with Gasteiger partial charge in [0.25, 0.3) is 0 Å². The Morgan fingerprint density at radius 1 is 1.55 bits per heavy atom. The van der Waals surface area contributed by atoms with Crippen molar-refractivity contribution in [2.24, 2.45) is 5.92 Å². The number of carbonyl (C=O) groups is 1. The zero-order valence-electron chi connectivity index (χ0n) is 12.1. The average molecular weight is 313 g/mol. The van der Waals surface area contributed by atoms with Crippen LogP contribution in [0.3, 0.4) is 0 Å². The normalized spacial score (nSPS) is 18.2. The monoisotopic (exact) mass is 313 g/mol. The fraction of sp³-hybridized carbons (Fsp3) is 0.500. The Bertz CT molecular complexity index is 637. The van der Waals surface area contributed by atoms with E-state index in [1.807, 2.05) is 0 Å². The summed E-state index contributed by atoms with van der Waals surface area (Å²) in [5.41, 5.74) is -1.34. The number of esters is 1. The van der Waals surface area contributed by atoms with E-state index in [9.17, 15) is 18.0 Å². The van der Waals surface area contributed by atoms with Crippen molar-refractivity contribution in [2.45, 2.75) is 19.5 Å². The summed E-state index contributed by atoms with van der Waals surface area (Å²) in [6.45, 7) is 1.98. The third-order valence-electron chi connectivity index (χ3n) is 3.57. The van der Waals surface area contributed by atoms with Crippen molar-refractivity contribution in [2.75, 3.05) is 25.1 Å². The van der Waals surface area contributed by atoms with Gasteiger partial charge in [-0.25, -0.2) is 4.98 Å². The molecule has 0 aliphatic carbocycles. The third kappa shape index (κ3) is 2.98. The summed E-state index contributed by atoms with van der Waals surface area (Å²) < 4.78 is 43.9. The molecule has 1 aromatic heterocycles. The quantitative estimate of drug-likeness (QED) is 0.784. The van der Waals surface area contributed by atoms with E-state index >= 15 is 0 Å². The van der Waals surface area contributed by atoms with Crippen molar-refractivity contribution < 1.29 is 22.7 Å². The first-order valence-corrected chi connectivity index (χ1v) is 6.59. The number of aryl methyl sites for hydroxylation is 1. The summed E-state index contributed by atoms with van der Waals surface area (Å²) in [5, 5.41) is 9.13. The Hall–Kier alpha value is -2.30. The summed E-state index contributed by atoms with van der Waals surface area (Å²) in [6.07, 6.45) is -4.18. The maximum Gasteiger partial charge on any atom is 0.417 e. The highest BCUT2D eigenvalue weighted by Crippen LogP contribution is 2.37. The molecule has 0 amide bonds. The summed E-state index contributed by atoms with van der Waals surface area (Å²) in [7, 11) is 1.26. The lowest BCUT2D eigenvalue weighted by molar-refractivity contribution is -0.144. The highest BCUT2D eigenvalue weighted by molar-refractivity contribution is 5.74. The number of rotatable bonds is 2. The van der Waals surface area contributed by atoms with E-state index in [2.05, 4.69) is 9.72 Å². The lowest BCUT2D eigenvalue weighted by Crippen LogP contribution is -2.26. The van der Waals surface area contributed by atoms with Crippen LogP contribution in [-0.2, 0) is 15.7 Å². The molecule has 1 unspecified atom stereocenters. The molecular formula is C14H14F3N3O2. The average Bonchev–Trinajstić information content (AvgIpc) is 2.94. The van der Waals surface area contributed by atoms with Crippen LogP contribution >= 0.6 is 0 Å². The molecule has 2 heterocycles. The van der Waals surface area contributed by atoms with Gasteiger partial charge in [0.15, 0.2) is 0 Å². The predicted molar refractivity (Wildman–Crippen MR) is 71.0 cm³/mol. The Morgan fingerprint density at radius 3 is 2.77 bits per heavy atom. The van der Waals surface area contributed by atoms with Gasteiger partial charge in [0.1, 0.15) is 17.5 Å². The molecule has 0 spiro atoms. The van der Waals surface area contributed by atoms with E-state index in [-0.39, 0.29) is 18.1 Å². The second-order valence-electron chi connectivity index (χ2n) is 5.07. The summed E-state index contributed by atoms with van der Waals surface area (Å²) in [6, 6.07) is 2.45. The zero-order chi connectivity index (χ0) is 16.5. The molecule has 2 rings (SSSR count). The first-order chi connectivity index (χ1) is 10.3. The van der Waals surface area contributed by atoms with E-state index in [0.717, 1.165) is 6.07 Å². The van der Waals surface area contributed by atoms with Gasteiger partial charge in [-0.1, -0.05) is 0 Å². The van der Waals surface area contributed by atoms with E-state index in [0.29, 0.717) is 13.0 Å². The van der Waals surface area contributed by atoms with Crippen molar-refractivity contribution in [3.63, 3.8) is 0 Å². The Balaban J connectivity index is 2.43. The van der Waals surface area contributed by atoms with E-state index in [1.165, 1.54) is 18.9 Å². The Kier molecular flexibility index (Phi) is 4.26. The first kappa shape index (κ1) is 16.1. The van der Waals surface area contributed by atoms with Gasteiger partial charge in [0.05, 0.1) is 18.6 Å². The van der Waals surface area contributed by atoms with Crippen LogP contribution in [0.4, 0.5) is 19.0 Å². The van der Waals surface area contributed by atoms with Gasteiger partial charge in [0.2, 0.25) is 0 Å². The fourth-order valence-corrected chi connectivity index (χ4v) is 2.53. The molecule has 22 heavy (non-hydrogen) atoms. The number of alkyl halides is 3. The lowest BCUT2D eigenvalue weighted by Gasteiger charge is -2.21. The van der Waals surface area contributed by atoms with Gasteiger partial charge < -0.3 is 9.64 Å². The molecule has 1 aliphatic heterocycles. The number of halogens is 3. The second kappa shape index (κ2) is 5.83. The molecule has 0 N–H and O–H groups in total.